The molecule has 184 valence electrons. The van der Waals surface area contributed by atoms with Gasteiger partial charge in [0.25, 0.3) is 0 Å². The van der Waals surface area contributed by atoms with Crippen molar-refractivity contribution in [1.29, 1.82) is 0 Å². The average Bonchev–Trinajstić information content (AvgIpc) is 3.45. The second-order valence-electron chi connectivity index (χ2n) is 10.3. The summed E-state index contributed by atoms with van der Waals surface area (Å²) in [5.74, 6) is 0.429. The van der Waals surface area contributed by atoms with Crippen LogP contribution in [0.4, 0.5) is 0 Å². The van der Waals surface area contributed by atoms with E-state index in [0.29, 0.717) is 18.9 Å². The number of carbonyl (C=O) groups is 2. The van der Waals surface area contributed by atoms with E-state index in [9.17, 15) is 9.59 Å². The van der Waals surface area contributed by atoms with E-state index in [1.807, 2.05) is 4.90 Å². The highest BCUT2D eigenvalue weighted by Gasteiger charge is 2.48. The molecule has 4 nitrogen and oxygen atoms in total. The fourth-order valence-corrected chi connectivity index (χ4v) is 5.98. The monoisotopic (exact) mass is 463 g/mol. The molecule has 0 radical (unpaired) electrons. The fraction of sp³-hybridized carbons (Fsp3) is 0.600. The topological polar surface area (TPSA) is 46.6 Å². The molecule has 0 N–H and O–H groups in total. The molecule has 1 aliphatic heterocycles. The van der Waals surface area contributed by atoms with Crippen LogP contribution in [0.1, 0.15) is 89.5 Å². The Labute approximate surface area is 205 Å². The summed E-state index contributed by atoms with van der Waals surface area (Å²) in [5, 5.41) is 2.49. The van der Waals surface area contributed by atoms with Gasteiger partial charge in [0.15, 0.2) is 0 Å². The van der Waals surface area contributed by atoms with Crippen molar-refractivity contribution in [3.05, 3.63) is 48.0 Å². The molecule has 1 amide bonds. The Morgan fingerprint density at radius 2 is 1.74 bits per heavy atom. The number of aryl methyl sites for hydroxylation is 1. The van der Waals surface area contributed by atoms with Crippen molar-refractivity contribution in [3.63, 3.8) is 0 Å². The maximum absolute atomic E-state index is 13.3. The fourth-order valence-electron chi connectivity index (χ4n) is 5.98. The molecule has 0 bridgehead atoms. The Balaban J connectivity index is 1.27. The zero-order valence-corrected chi connectivity index (χ0v) is 20.8. The molecule has 2 fully saturated rings. The number of esters is 1. The number of nitrogens with zero attached hydrogens (tertiary/aromatic N) is 1. The third-order valence-corrected chi connectivity index (χ3v) is 7.81. The van der Waals surface area contributed by atoms with Gasteiger partial charge in [-0.25, -0.2) is 4.79 Å². The Hall–Kier alpha value is -2.36. The smallest absolute Gasteiger partial charge is 0.328 e. The summed E-state index contributed by atoms with van der Waals surface area (Å²) in [6, 6.07) is 14.8. The average molecular weight is 464 g/mol. The third-order valence-electron chi connectivity index (χ3n) is 7.81. The number of amides is 1. The number of ether oxygens (including phenoxy) is 1. The number of benzene rings is 2. The van der Waals surface area contributed by atoms with Crippen molar-refractivity contribution in [1.82, 2.24) is 4.90 Å². The van der Waals surface area contributed by atoms with E-state index in [1.165, 1.54) is 42.0 Å². The van der Waals surface area contributed by atoms with Gasteiger partial charge < -0.3 is 9.64 Å². The van der Waals surface area contributed by atoms with Crippen LogP contribution >= 0.6 is 0 Å². The lowest BCUT2D eigenvalue weighted by Gasteiger charge is -2.29. The summed E-state index contributed by atoms with van der Waals surface area (Å²) in [5.41, 5.74) is 1.27. The van der Waals surface area contributed by atoms with E-state index in [0.717, 1.165) is 51.4 Å². The Morgan fingerprint density at radius 1 is 0.941 bits per heavy atom. The number of hydrogen-bond donors (Lipinski definition) is 0. The minimum atomic E-state index is -0.372. The SMILES string of the molecule is CCCCCCCCOC(=O)[C@@H]1C[C@@H]2CCC[C@@H]2N1C(=O)CCCc1ccc2ccccc2c1. The van der Waals surface area contributed by atoms with Gasteiger partial charge in [-0.1, -0.05) is 87.9 Å². The van der Waals surface area contributed by atoms with Crippen LogP contribution in [-0.2, 0) is 20.7 Å². The Morgan fingerprint density at radius 3 is 2.59 bits per heavy atom. The summed E-state index contributed by atoms with van der Waals surface area (Å²) in [4.78, 5) is 28.2. The molecule has 4 heteroatoms. The van der Waals surface area contributed by atoms with Crippen molar-refractivity contribution in [2.45, 2.75) is 102 Å². The van der Waals surface area contributed by atoms with Crippen molar-refractivity contribution in [2.24, 2.45) is 5.92 Å². The highest BCUT2D eigenvalue weighted by Crippen LogP contribution is 2.42. The molecule has 34 heavy (non-hydrogen) atoms. The van der Waals surface area contributed by atoms with Gasteiger partial charge >= 0.3 is 5.97 Å². The van der Waals surface area contributed by atoms with Crippen LogP contribution in [0.5, 0.6) is 0 Å². The van der Waals surface area contributed by atoms with Gasteiger partial charge in [-0.15, -0.1) is 0 Å². The second kappa shape index (κ2) is 12.4. The normalized spacial score (nSPS) is 21.7. The molecule has 1 saturated heterocycles. The van der Waals surface area contributed by atoms with E-state index < -0.39 is 0 Å². The van der Waals surface area contributed by atoms with Crippen molar-refractivity contribution < 1.29 is 14.3 Å². The van der Waals surface area contributed by atoms with Crippen molar-refractivity contribution in [3.8, 4) is 0 Å². The molecule has 2 aromatic rings. The summed E-state index contributed by atoms with van der Waals surface area (Å²) in [6.07, 6.45) is 13.3. The van der Waals surface area contributed by atoms with E-state index in [-0.39, 0.29) is 24.0 Å². The summed E-state index contributed by atoms with van der Waals surface area (Å²) < 4.78 is 5.66. The van der Waals surface area contributed by atoms with Gasteiger partial charge in [0.05, 0.1) is 6.61 Å². The van der Waals surface area contributed by atoms with E-state index >= 15 is 0 Å². The van der Waals surface area contributed by atoms with Gasteiger partial charge in [0.2, 0.25) is 5.91 Å². The first-order valence-corrected chi connectivity index (χ1v) is 13.6. The van der Waals surface area contributed by atoms with E-state index in [2.05, 4.69) is 49.4 Å². The quantitative estimate of drug-likeness (QED) is 0.256. The molecule has 4 rings (SSSR count). The number of rotatable bonds is 12. The highest BCUT2D eigenvalue weighted by atomic mass is 16.5. The molecule has 0 spiro atoms. The molecule has 3 atom stereocenters. The van der Waals surface area contributed by atoms with Crippen LogP contribution in [0.15, 0.2) is 42.5 Å². The maximum atomic E-state index is 13.3. The molecule has 2 aromatic carbocycles. The Bertz CT molecular complexity index is 955. The molecular weight excluding hydrogens is 422 g/mol. The largest absolute Gasteiger partial charge is 0.464 e. The lowest BCUT2D eigenvalue weighted by molar-refractivity contribution is -0.154. The zero-order valence-electron chi connectivity index (χ0n) is 20.8. The highest BCUT2D eigenvalue weighted by molar-refractivity contribution is 5.86. The second-order valence-corrected chi connectivity index (χ2v) is 10.3. The number of unbranched alkanes of at least 4 members (excludes halogenated alkanes) is 5. The van der Waals surface area contributed by atoms with Crippen LogP contribution in [-0.4, -0.2) is 35.5 Å². The van der Waals surface area contributed by atoms with Crippen LogP contribution in [0.25, 0.3) is 10.8 Å². The summed E-state index contributed by atoms with van der Waals surface area (Å²) >= 11 is 0. The molecule has 1 saturated carbocycles. The van der Waals surface area contributed by atoms with Crippen molar-refractivity contribution in [2.75, 3.05) is 6.61 Å². The maximum Gasteiger partial charge on any atom is 0.328 e. The van der Waals surface area contributed by atoms with Crippen molar-refractivity contribution >= 4 is 22.6 Å². The van der Waals surface area contributed by atoms with Gasteiger partial charge in [0, 0.05) is 12.5 Å². The minimum Gasteiger partial charge on any atom is -0.464 e. The lowest BCUT2D eigenvalue weighted by atomic mass is 10.0. The molecule has 0 unspecified atom stereocenters. The molecule has 0 aromatic heterocycles. The van der Waals surface area contributed by atoms with E-state index in [1.54, 1.807) is 0 Å². The predicted molar refractivity (Wildman–Crippen MR) is 138 cm³/mol. The molecule has 1 heterocycles. The standard InChI is InChI=1S/C30H41NO3/c1-2-3-4-5-6-9-20-34-30(33)28-22-26-15-11-16-27(26)31(28)29(32)17-10-12-23-18-19-24-13-7-8-14-25(24)21-23/h7-8,13-14,18-19,21,26-28H,2-6,9-12,15-17,20,22H2,1H3/t26-,27-,28-/m0/s1. The zero-order chi connectivity index (χ0) is 23.8. The van der Waals surface area contributed by atoms with Gasteiger partial charge in [-0.05, 0) is 60.8 Å². The minimum absolute atomic E-state index is 0.136. The number of carbonyl (C=O) groups excluding carboxylic acids is 2. The van der Waals surface area contributed by atoms with E-state index in [4.69, 9.17) is 4.74 Å². The van der Waals surface area contributed by atoms with Crippen LogP contribution in [0, 0.1) is 5.92 Å². The Kier molecular flexibility index (Phi) is 9.01. The van der Waals surface area contributed by atoms with Crippen LogP contribution < -0.4 is 0 Å². The van der Waals surface area contributed by atoms with Gasteiger partial charge in [-0.2, -0.15) is 0 Å². The number of hydrogen-bond acceptors (Lipinski definition) is 3. The first kappa shape index (κ1) is 24.8. The first-order valence-electron chi connectivity index (χ1n) is 13.6. The third kappa shape index (κ3) is 6.20. The van der Waals surface area contributed by atoms with Crippen LogP contribution in [0.2, 0.25) is 0 Å². The lowest BCUT2D eigenvalue weighted by Crippen LogP contribution is -2.45. The van der Waals surface area contributed by atoms with Gasteiger partial charge in [-0.3, -0.25) is 4.79 Å². The molecule has 2 aliphatic rings. The van der Waals surface area contributed by atoms with Crippen LogP contribution in [0.3, 0.4) is 0 Å². The predicted octanol–water partition coefficient (Wildman–Crippen LogP) is 6.84. The number of fused-ring (bicyclic) bond motifs is 2. The number of likely N-dealkylation sites (tertiary alicyclic amines) is 1. The first-order chi connectivity index (χ1) is 16.7. The molecular formula is C30H41NO3. The van der Waals surface area contributed by atoms with Gasteiger partial charge in [0.1, 0.15) is 6.04 Å². The summed E-state index contributed by atoms with van der Waals surface area (Å²) in [6.45, 7) is 2.70. The molecule has 1 aliphatic carbocycles. The summed E-state index contributed by atoms with van der Waals surface area (Å²) in [7, 11) is 0.